The molecule has 0 atom stereocenters. The zero-order valence-electron chi connectivity index (χ0n) is 17.4. The summed E-state index contributed by atoms with van der Waals surface area (Å²) in [6.45, 7) is 2.12. The number of carbonyl (C=O) groups excluding carboxylic acids is 1. The van der Waals surface area contributed by atoms with Gasteiger partial charge in [0.25, 0.3) is 0 Å². The molecule has 0 radical (unpaired) electrons. The number of hydrogen-bond acceptors (Lipinski definition) is 4. The lowest BCUT2D eigenvalue weighted by atomic mass is 10.1. The Kier molecular flexibility index (Phi) is 6.17. The summed E-state index contributed by atoms with van der Waals surface area (Å²) >= 11 is 5.90. The van der Waals surface area contributed by atoms with Gasteiger partial charge in [-0.15, -0.1) is 0 Å². The second-order valence-corrected chi connectivity index (χ2v) is 9.91. The number of ketones is 1. The van der Waals surface area contributed by atoms with Gasteiger partial charge < -0.3 is 4.90 Å². The first-order valence-corrected chi connectivity index (χ1v) is 12.1. The van der Waals surface area contributed by atoms with Crippen molar-refractivity contribution < 1.29 is 17.6 Å². The van der Waals surface area contributed by atoms with Crippen LogP contribution in [0.2, 0.25) is 5.02 Å². The molecular formula is C25H21ClFNO3S. The molecule has 4 nitrogen and oxygen atoms in total. The fraction of sp³-hybridized carbons (Fsp3) is 0.160. The molecule has 0 saturated carbocycles. The van der Waals surface area contributed by atoms with Crippen molar-refractivity contribution in [1.29, 1.82) is 0 Å². The van der Waals surface area contributed by atoms with Crippen molar-refractivity contribution in [2.45, 2.75) is 31.1 Å². The van der Waals surface area contributed by atoms with Gasteiger partial charge in [0.15, 0.2) is 0 Å². The molecule has 0 bridgehead atoms. The predicted molar refractivity (Wildman–Crippen MR) is 125 cm³/mol. The summed E-state index contributed by atoms with van der Waals surface area (Å²) in [6, 6.07) is 17.1. The van der Waals surface area contributed by atoms with Gasteiger partial charge in [-0.3, -0.25) is 4.79 Å². The molecule has 4 rings (SSSR count). The van der Waals surface area contributed by atoms with Crippen LogP contribution in [0.15, 0.2) is 82.7 Å². The highest BCUT2D eigenvalue weighted by atomic mass is 35.5. The molecule has 3 aromatic carbocycles. The molecule has 0 saturated heterocycles. The Morgan fingerprint density at radius 3 is 2.34 bits per heavy atom. The van der Waals surface area contributed by atoms with Crippen LogP contribution in [0, 0.1) is 5.82 Å². The number of anilines is 2. The lowest BCUT2D eigenvalue weighted by Crippen LogP contribution is -2.26. The van der Waals surface area contributed by atoms with Crippen LogP contribution in [0.25, 0.3) is 0 Å². The molecule has 7 heteroatoms. The Labute approximate surface area is 191 Å². The molecule has 32 heavy (non-hydrogen) atoms. The van der Waals surface area contributed by atoms with Gasteiger partial charge in [-0.2, -0.15) is 0 Å². The Balaban J connectivity index is 1.83. The van der Waals surface area contributed by atoms with Crippen LogP contribution in [0.5, 0.6) is 0 Å². The topological polar surface area (TPSA) is 54.5 Å². The van der Waals surface area contributed by atoms with E-state index in [1.54, 1.807) is 4.90 Å². The van der Waals surface area contributed by atoms with Gasteiger partial charge in [0.05, 0.1) is 10.6 Å². The van der Waals surface area contributed by atoms with E-state index in [4.69, 9.17) is 11.6 Å². The van der Waals surface area contributed by atoms with Crippen LogP contribution in [0.3, 0.4) is 0 Å². The van der Waals surface area contributed by atoms with Crippen LogP contribution < -0.4 is 4.90 Å². The SMILES string of the molecule is CCCCc1ccc(N2C=C(C(=O)c3ccc(Cl)cc3)S(=O)(=O)c3ccc(F)cc32)cc1. The first-order valence-electron chi connectivity index (χ1n) is 10.3. The highest BCUT2D eigenvalue weighted by molar-refractivity contribution is 7.96. The van der Waals surface area contributed by atoms with Gasteiger partial charge >= 0.3 is 0 Å². The molecule has 1 heterocycles. The Hall–Kier alpha value is -2.96. The van der Waals surface area contributed by atoms with Crippen molar-refractivity contribution >= 4 is 38.6 Å². The van der Waals surface area contributed by atoms with E-state index in [2.05, 4.69) is 6.92 Å². The average molecular weight is 470 g/mol. The average Bonchev–Trinajstić information content (AvgIpc) is 2.78. The maximum absolute atomic E-state index is 14.1. The number of Topliss-reactive ketones (excluding diaryl/α,β-unsaturated/α-hetero) is 1. The standard InChI is InChI=1S/C25H21ClFNO3S/c1-2-3-4-17-5-12-21(13-6-17)28-16-24(25(29)18-7-9-19(26)10-8-18)32(30,31)23-14-11-20(27)15-22(23)28/h5-16H,2-4H2,1H3. The van der Waals surface area contributed by atoms with Gasteiger partial charge in [-0.1, -0.05) is 37.1 Å². The van der Waals surface area contributed by atoms with E-state index in [0.29, 0.717) is 10.7 Å². The van der Waals surface area contributed by atoms with E-state index < -0.39 is 21.4 Å². The minimum absolute atomic E-state index is 0.117. The highest BCUT2D eigenvalue weighted by Crippen LogP contribution is 2.41. The summed E-state index contributed by atoms with van der Waals surface area (Å²) in [7, 11) is -4.15. The van der Waals surface area contributed by atoms with Crippen molar-refractivity contribution in [3.8, 4) is 0 Å². The number of hydrogen-bond donors (Lipinski definition) is 0. The van der Waals surface area contributed by atoms with E-state index in [-0.39, 0.29) is 21.1 Å². The number of allylic oxidation sites excluding steroid dienone is 1. The van der Waals surface area contributed by atoms with E-state index in [1.807, 2.05) is 24.3 Å². The zero-order chi connectivity index (χ0) is 22.9. The summed E-state index contributed by atoms with van der Waals surface area (Å²) in [6.07, 6.45) is 4.36. The second-order valence-electron chi connectivity index (χ2n) is 7.58. The van der Waals surface area contributed by atoms with Crippen molar-refractivity contribution in [3.05, 3.63) is 99.8 Å². The normalized spacial score (nSPS) is 14.6. The third-order valence-electron chi connectivity index (χ3n) is 5.37. The number of halogens is 2. The molecule has 0 amide bonds. The summed E-state index contributed by atoms with van der Waals surface area (Å²) < 4.78 is 40.6. The molecule has 0 aromatic heterocycles. The molecule has 164 valence electrons. The number of sulfone groups is 1. The molecule has 3 aromatic rings. The lowest BCUT2D eigenvalue weighted by Gasteiger charge is -2.29. The number of carbonyl (C=O) groups is 1. The lowest BCUT2D eigenvalue weighted by molar-refractivity contribution is 0.104. The second kappa shape index (κ2) is 8.88. The van der Waals surface area contributed by atoms with E-state index in [9.17, 15) is 17.6 Å². The Morgan fingerprint density at radius 1 is 1.00 bits per heavy atom. The van der Waals surface area contributed by atoms with Crippen LogP contribution in [0.1, 0.15) is 35.7 Å². The Bertz CT molecular complexity index is 1300. The monoisotopic (exact) mass is 469 g/mol. The maximum Gasteiger partial charge on any atom is 0.214 e. The van der Waals surface area contributed by atoms with E-state index in [1.165, 1.54) is 36.5 Å². The first kappa shape index (κ1) is 22.2. The number of fused-ring (bicyclic) bond motifs is 1. The van der Waals surface area contributed by atoms with Gasteiger partial charge in [-0.05, 0) is 73.0 Å². The quantitative estimate of drug-likeness (QED) is 0.306. The molecule has 0 aliphatic carbocycles. The first-order chi connectivity index (χ1) is 15.3. The number of benzene rings is 3. The largest absolute Gasteiger partial charge is 0.314 e. The molecule has 0 N–H and O–H groups in total. The highest BCUT2D eigenvalue weighted by Gasteiger charge is 2.36. The number of nitrogens with zero attached hydrogens (tertiary/aromatic N) is 1. The molecule has 0 fully saturated rings. The minimum atomic E-state index is -4.15. The molecule has 0 spiro atoms. The summed E-state index contributed by atoms with van der Waals surface area (Å²) in [5.41, 5.74) is 2.15. The molecular weight excluding hydrogens is 449 g/mol. The summed E-state index contributed by atoms with van der Waals surface area (Å²) in [5, 5.41) is 0.438. The molecule has 0 unspecified atom stereocenters. The van der Waals surface area contributed by atoms with Crippen molar-refractivity contribution in [2.24, 2.45) is 0 Å². The minimum Gasteiger partial charge on any atom is -0.314 e. The van der Waals surface area contributed by atoms with Crippen LogP contribution in [-0.2, 0) is 16.3 Å². The van der Waals surface area contributed by atoms with Crippen molar-refractivity contribution in [3.63, 3.8) is 0 Å². The summed E-state index contributed by atoms with van der Waals surface area (Å²) in [4.78, 5) is 14.2. The van der Waals surface area contributed by atoms with Gasteiger partial charge in [0.2, 0.25) is 15.6 Å². The van der Waals surface area contributed by atoms with Crippen LogP contribution in [0.4, 0.5) is 15.8 Å². The van der Waals surface area contributed by atoms with Crippen molar-refractivity contribution in [1.82, 2.24) is 0 Å². The smallest absolute Gasteiger partial charge is 0.214 e. The third kappa shape index (κ3) is 4.20. The van der Waals surface area contributed by atoms with Crippen LogP contribution >= 0.6 is 11.6 Å². The van der Waals surface area contributed by atoms with Gasteiger partial charge in [-0.25, -0.2) is 12.8 Å². The fourth-order valence-electron chi connectivity index (χ4n) is 3.62. The fourth-order valence-corrected chi connectivity index (χ4v) is 5.27. The number of unbranched alkanes of at least 4 members (excludes halogenated alkanes) is 1. The van der Waals surface area contributed by atoms with Gasteiger partial charge in [0.1, 0.15) is 10.7 Å². The zero-order valence-corrected chi connectivity index (χ0v) is 19.0. The van der Waals surface area contributed by atoms with E-state index in [0.717, 1.165) is 37.0 Å². The van der Waals surface area contributed by atoms with Crippen molar-refractivity contribution in [2.75, 3.05) is 4.90 Å². The number of rotatable bonds is 6. The van der Waals surface area contributed by atoms with Crippen LogP contribution in [-0.4, -0.2) is 14.2 Å². The Morgan fingerprint density at radius 2 is 1.69 bits per heavy atom. The van der Waals surface area contributed by atoms with Gasteiger partial charge in [0, 0.05) is 22.5 Å². The van der Waals surface area contributed by atoms with E-state index >= 15 is 0 Å². The summed E-state index contributed by atoms with van der Waals surface area (Å²) in [5.74, 6) is -1.22. The predicted octanol–water partition coefficient (Wildman–Crippen LogP) is 6.47. The third-order valence-corrected chi connectivity index (χ3v) is 7.42. The molecule has 1 aliphatic heterocycles. The maximum atomic E-state index is 14.1. The number of aryl methyl sites for hydroxylation is 1. The molecule has 1 aliphatic rings.